The molecule has 4 aliphatic rings. The molecule has 33 heavy (non-hydrogen) atoms. The lowest BCUT2D eigenvalue weighted by Gasteiger charge is -2.63. The fraction of sp³-hybridized carbons (Fsp3) is 0.444. The number of aliphatic hydroxyl groups excluding tert-OH is 1. The van der Waals surface area contributed by atoms with E-state index in [1.807, 2.05) is 12.1 Å². The number of aliphatic hydroxyl groups is 1. The van der Waals surface area contributed by atoms with Crippen LogP contribution in [-0.4, -0.2) is 32.9 Å². The average molecular weight is 450 g/mol. The summed E-state index contributed by atoms with van der Waals surface area (Å²) < 4.78 is 15.8. The molecule has 0 aliphatic heterocycles. The molecule has 5 nitrogen and oxygen atoms in total. The van der Waals surface area contributed by atoms with Crippen LogP contribution in [0.3, 0.4) is 0 Å². The van der Waals surface area contributed by atoms with Gasteiger partial charge in [0.1, 0.15) is 11.6 Å². The van der Waals surface area contributed by atoms with Gasteiger partial charge >= 0.3 is 5.97 Å². The average Bonchev–Trinajstić information content (AvgIpc) is 2.97. The van der Waals surface area contributed by atoms with Crippen molar-refractivity contribution in [3.63, 3.8) is 0 Å². The van der Waals surface area contributed by atoms with Gasteiger partial charge in [0, 0.05) is 22.9 Å². The molecule has 0 spiro atoms. The van der Waals surface area contributed by atoms with Gasteiger partial charge in [-0.1, -0.05) is 19.1 Å². The summed E-state index contributed by atoms with van der Waals surface area (Å²) in [5, 5.41) is 30.4. The molecule has 0 heterocycles. The molecule has 2 aromatic carbocycles. The molecule has 0 amide bonds. The standard InChI is InChI=1S/C27H28FNO4/c1-26-7-6-17-16-4-3-15(30)10-14(16)11-19-24-18(8-13(9-21(24)28)2-5-23(32)33)20(12-22(26)31)27(26,29)25(17)19/h2-5,8-10,17,19-20,22,25,30-31H,6-7,11-12,29H2,1H3,(H,32,33)/b5-2+/t17?,19-,20?,22+,25+,26-,27-/m1/s1. The number of phenolic OH excluding ortho intramolecular Hbond substituents is 1. The molecule has 0 aromatic heterocycles. The summed E-state index contributed by atoms with van der Waals surface area (Å²) in [6, 6.07) is 8.77. The van der Waals surface area contributed by atoms with Crippen molar-refractivity contribution in [2.75, 3.05) is 0 Å². The van der Waals surface area contributed by atoms with Gasteiger partial charge in [-0.25, -0.2) is 9.18 Å². The van der Waals surface area contributed by atoms with E-state index in [1.165, 1.54) is 17.7 Å². The minimum atomic E-state index is -1.09. The molecule has 0 saturated heterocycles. The number of carbonyl (C=O) groups is 1. The Labute approximate surface area is 191 Å². The van der Waals surface area contributed by atoms with Crippen molar-refractivity contribution in [3.8, 4) is 5.75 Å². The highest BCUT2D eigenvalue weighted by Gasteiger charge is 2.71. The molecule has 2 unspecified atom stereocenters. The highest BCUT2D eigenvalue weighted by Crippen LogP contribution is 2.71. The van der Waals surface area contributed by atoms with Crippen molar-refractivity contribution >= 4 is 12.0 Å². The fourth-order valence-electron chi connectivity index (χ4n) is 8.06. The fourth-order valence-corrected chi connectivity index (χ4v) is 8.06. The first-order chi connectivity index (χ1) is 15.6. The molecule has 5 N–H and O–H groups in total. The minimum Gasteiger partial charge on any atom is -0.508 e. The third-order valence-electron chi connectivity index (χ3n) is 9.47. The highest BCUT2D eigenvalue weighted by atomic mass is 19.1. The summed E-state index contributed by atoms with van der Waals surface area (Å²) in [5.74, 6) is -1.48. The van der Waals surface area contributed by atoms with E-state index in [2.05, 4.69) is 6.92 Å². The van der Waals surface area contributed by atoms with E-state index >= 15 is 4.39 Å². The topological polar surface area (TPSA) is 104 Å². The summed E-state index contributed by atoms with van der Waals surface area (Å²) in [5.41, 5.74) is 10.4. The third kappa shape index (κ3) is 2.56. The van der Waals surface area contributed by atoms with Gasteiger partial charge < -0.3 is 21.1 Å². The van der Waals surface area contributed by atoms with Crippen LogP contribution in [0.1, 0.15) is 71.8 Å². The molecular formula is C27H28FNO4. The number of aliphatic carboxylic acids is 1. The van der Waals surface area contributed by atoms with Gasteiger partial charge in [-0.15, -0.1) is 0 Å². The van der Waals surface area contributed by atoms with Crippen molar-refractivity contribution in [1.29, 1.82) is 0 Å². The largest absolute Gasteiger partial charge is 0.508 e. The van der Waals surface area contributed by atoms with Crippen molar-refractivity contribution in [2.45, 2.75) is 62.0 Å². The lowest BCUT2D eigenvalue weighted by Crippen LogP contribution is -2.68. The summed E-state index contributed by atoms with van der Waals surface area (Å²) >= 11 is 0. The lowest BCUT2D eigenvalue weighted by atomic mass is 9.44. The van der Waals surface area contributed by atoms with Crippen LogP contribution in [-0.2, 0) is 11.2 Å². The van der Waals surface area contributed by atoms with Crippen LogP contribution >= 0.6 is 0 Å². The second-order valence-electron chi connectivity index (χ2n) is 10.7. The molecule has 2 saturated carbocycles. The number of carboxylic acids is 1. The number of halogens is 1. The maximum absolute atomic E-state index is 15.8. The number of benzene rings is 2. The van der Waals surface area contributed by atoms with Gasteiger partial charge in [-0.3, -0.25) is 0 Å². The monoisotopic (exact) mass is 449 g/mol. The van der Waals surface area contributed by atoms with E-state index < -0.39 is 23.0 Å². The third-order valence-corrected chi connectivity index (χ3v) is 9.47. The quantitative estimate of drug-likeness (QED) is 0.519. The van der Waals surface area contributed by atoms with E-state index in [4.69, 9.17) is 10.8 Å². The lowest BCUT2D eigenvalue weighted by molar-refractivity contribution is -0.131. The molecule has 0 bridgehead atoms. The Morgan fingerprint density at radius 1 is 1.21 bits per heavy atom. The van der Waals surface area contributed by atoms with Crippen molar-refractivity contribution in [2.24, 2.45) is 17.1 Å². The first-order valence-electron chi connectivity index (χ1n) is 11.7. The number of aromatic hydroxyl groups is 1. The van der Waals surface area contributed by atoms with E-state index in [1.54, 1.807) is 12.1 Å². The number of hydrogen-bond donors (Lipinski definition) is 4. The van der Waals surface area contributed by atoms with Crippen molar-refractivity contribution in [1.82, 2.24) is 0 Å². The van der Waals surface area contributed by atoms with E-state index in [0.717, 1.165) is 30.0 Å². The van der Waals surface area contributed by atoms with Crippen LogP contribution in [0, 0.1) is 17.2 Å². The van der Waals surface area contributed by atoms with Crippen LogP contribution in [0.4, 0.5) is 4.39 Å². The second kappa shape index (κ2) is 6.67. The Morgan fingerprint density at radius 3 is 2.76 bits per heavy atom. The predicted octanol–water partition coefficient (Wildman–Crippen LogP) is 4.03. The number of fused-ring (bicyclic) bond motifs is 5. The number of phenols is 1. The second-order valence-corrected chi connectivity index (χ2v) is 10.7. The number of rotatable bonds is 2. The summed E-state index contributed by atoms with van der Waals surface area (Å²) in [6.45, 7) is 2.09. The Bertz CT molecular complexity index is 1220. The smallest absolute Gasteiger partial charge is 0.328 e. The van der Waals surface area contributed by atoms with Gasteiger partial charge in [-0.05, 0) is 95.5 Å². The van der Waals surface area contributed by atoms with Gasteiger partial charge in [0.2, 0.25) is 0 Å². The molecule has 2 aromatic rings. The summed E-state index contributed by atoms with van der Waals surface area (Å²) in [6.07, 6.45) is 4.54. The first-order valence-corrected chi connectivity index (χ1v) is 11.7. The zero-order chi connectivity index (χ0) is 23.3. The van der Waals surface area contributed by atoms with Crippen LogP contribution in [0.15, 0.2) is 36.4 Å². The maximum Gasteiger partial charge on any atom is 0.328 e. The molecule has 6 heteroatoms. The van der Waals surface area contributed by atoms with E-state index in [-0.39, 0.29) is 35.2 Å². The van der Waals surface area contributed by atoms with Gasteiger partial charge in [0.15, 0.2) is 0 Å². The van der Waals surface area contributed by atoms with Crippen LogP contribution in [0.2, 0.25) is 0 Å². The Morgan fingerprint density at radius 2 is 2.00 bits per heavy atom. The summed E-state index contributed by atoms with van der Waals surface area (Å²) in [7, 11) is 0. The number of nitrogens with two attached hydrogens (primary N) is 1. The zero-order valence-electron chi connectivity index (χ0n) is 18.5. The molecular weight excluding hydrogens is 421 g/mol. The Hall–Kier alpha value is -2.70. The van der Waals surface area contributed by atoms with Gasteiger partial charge in [-0.2, -0.15) is 0 Å². The molecule has 4 aliphatic carbocycles. The Kier molecular flexibility index (Phi) is 4.22. The van der Waals surface area contributed by atoms with Crippen molar-refractivity contribution < 1.29 is 24.5 Å². The SMILES string of the molecule is C[C@@]12CCC3c4ccc(O)cc4C[C@@H]4c5c(F)cc(/C=C/C(=O)O)cc5C(C[C@@H]1O)[C@@]2(N)[C@@H]34. The van der Waals surface area contributed by atoms with Gasteiger partial charge in [0.05, 0.1) is 6.10 Å². The normalized spacial score (nSPS) is 38.0. The predicted molar refractivity (Wildman–Crippen MR) is 121 cm³/mol. The molecule has 2 fully saturated rings. The number of hydrogen-bond acceptors (Lipinski definition) is 4. The minimum absolute atomic E-state index is 0.0159. The van der Waals surface area contributed by atoms with Crippen molar-refractivity contribution in [3.05, 3.63) is 70.0 Å². The Balaban J connectivity index is 1.61. The van der Waals surface area contributed by atoms with E-state index in [0.29, 0.717) is 24.0 Å². The maximum atomic E-state index is 15.8. The molecule has 6 rings (SSSR count). The van der Waals surface area contributed by atoms with Crippen LogP contribution in [0.25, 0.3) is 6.08 Å². The zero-order valence-corrected chi connectivity index (χ0v) is 18.5. The first kappa shape index (κ1) is 20.9. The molecule has 0 radical (unpaired) electrons. The summed E-state index contributed by atoms with van der Waals surface area (Å²) in [4.78, 5) is 11.0. The van der Waals surface area contributed by atoms with E-state index in [9.17, 15) is 15.0 Å². The van der Waals surface area contributed by atoms with Crippen LogP contribution in [0.5, 0.6) is 5.75 Å². The highest BCUT2D eigenvalue weighted by molar-refractivity contribution is 5.85. The molecule has 7 atom stereocenters. The van der Waals surface area contributed by atoms with Crippen LogP contribution < -0.4 is 5.73 Å². The van der Waals surface area contributed by atoms with Gasteiger partial charge in [0.25, 0.3) is 0 Å². The number of carboxylic acid groups (broad SMARTS) is 1. The molecule has 172 valence electrons.